The van der Waals surface area contributed by atoms with E-state index in [1.165, 1.54) is 0 Å². The van der Waals surface area contributed by atoms with Gasteiger partial charge in [0.05, 0.1) is 0 Å². The summed E-state index contributed by atoms with van der Waals surface area (Å²) in [5, 5.41) is 3.91. The Hall–Kier alpha value is -1.39. The molecule has 2 aliphatic carbocycles. The Morgan fingerprint density at radius 3 is 2.75 bits per heavy atom. The van der Waals surface area contributed by atoms with Crippen molar-refractivity contribution >= 4 is 17.5 Å². The van der Waals surface area contributed by atoms with E-state index in [1.807, 2.05) is 6.92 Å². The molecule has 2 aliphatic rings. The number of nitrogens with zero attached hydrogens (tertiary/aromatic N) is 1. The van der Waals surface area contributed by atoms with Gasteiger partial charge in [0.25, 0.3) is 0 Å². The largest absolute Gasteiger partial charge is 0.350 e. The van der Waals surface area contributed by atoms with Gasteiger partial charge in [-0.05, 0) is 18.3 Å². The van der Waals surface area contributed by atoms with Crippen LogP contribution >= 0.6 is 0 Å². The fourth-order valence-corrected chi connectivity index (χ4v) is 3.04. The molecule has 88 valence electrons. The first-order valence-corrected chi connectivity index (χ1v) is 5.59. The first-order valence-electron chi connectivity index (χ1n) is 5.59. The fourth-order valence-electron chi connectivity index (χ4n) is 3.04. The van der Waals surface area contributed by atoms with Gasteiger partial charge in [-0.25, -0.2) is 10.2 Å². The maximum Gasteiger partial charge on any atom is 0.332 e. The number of ketones is 1. The molecule has 3 N–H and O–H groups in total. The zero-order valence-corrected chi connectivity index (χ0v) is 9.78. The number of rotatable bonds is 2. The molecule has 2 saturated carbocycles. The van der Waals surface area contributed by atoms with Gasteiger partial charge in [0, 0.05) is 11.3 Å². The lowest BCUT2D eigenvalue weighted by molar-refractivity contribution is -0.115. The topological polar surface area (TPSA) is 84.6 Å². The lowest BCUT2D eigenvalue weighted by Gasteiger charge is -2.17. The molecule has 2 amide bonds. The minimum atomic E-state index is -0.726. The summed E-state index contributed by atoms with van der Waals surface area (Å²) in [6, 6.07) is -0.726. The minimum Gasteiger partial charge on any atom is -0.350 e. The summed E-state index contributed by atoms with van der Waals surface area (Å²) in [6.45, 7) is 6.11. The van der Waals surface area contributed by atoms with Crippen LogP contribution in [0.5, 0.6) is 0 Å². The van der Waals surface area contributed by atoms with Crippen LogP contribution in [0.3, 0.4) is 0 Å². The summed E-state index contributed by atoms with van der Waals surface area (Å²) >= 11 is 0. The van der Waals surface area contributed by atoms with E-state index in [4.69, 9.17) is 5.73 Å². The molecule has 2 fully saturated rings. The van der Waals surface area contributed by atoms with Gasteiger partial charge in [0.15, 0.2) is 5.78 Å². The highest BCUT2D eigenvalue weighted by Crippen LogP contribution is 2.66. The van der Waals surface area contributed by atoms with Crippen LogP contribution in [-0.2, 0) is 4.79 Å². The number of amides is 2. The minimum absolute atomic E-state index is 0.0239. The van der Waals surface area contributed by atoms with Gasteiger partial charge in [0.1, 0.15) is 5.71 Å². The van der Waals surface area contributed by atoms with E-state index in [0.717, 1.165) is 6.42 Å². The van der Waals surface area contributed by atoms with Crippen molar-refractivity contribution < 1.29 is 9.59 Å². The molecule has 5 heteroatoms. The molecule has 0 bridgehead atoms. The second kappa shape index (κ2) is 3.30. The quantitative estimate of drug-likeness (QED) is 0.681. The Balaban J connectivity index is 2.31. The standard InChI is InChI=1S/C11H17N3O2/c1-5(2)11-4-7(11)6(3)8(15)9(11)13-14-10(12)16/h5-7H,4H2,1-3H3,(H3,12,14,16)/b13-9+/t6-,7-,11+/m1/s1. The van der Waals surface area contributed by atoms with Crippen LogP contribution in [0.25, 0.3) is 0 Å². The number of hydrazone groups is 1. The molecule has 0 radical (unpaired) electrons. The number of nitrogens with two attached hydrogens (primary N) is 1. The number of Topliss-reactive ketones (excluding diaryl/α,β-unsaturated/α-hetero) is 1. The Labute approximate surface area is 94.5 Å². The first-order chi connectivity index (χ1) is 7.41. The molecule has 0 saturated heterocycles. The summed E-state index contributed by atoms with van der Waals surface area (Å²) in [5.41, 5.74) is 7.54. The summed E-state index contributed by atoms with van der Waals surface area (Å²) in [7, 11) is 0. The van der Waals surface area contributed by atoms with E-state index in [9.17, 15) is 9.59 Å². The van der Waals surface area contributed by atoms with Gasteiger partial charge in [-0.1, -0.05) is 20.8 Å². The predicted octanol–water partition coefficient (Wildman–Crippen LogP) is 0.892. The molecule has 0 unspecified atom stereocenters. The number of hydrogen-bond acceptors (Lipinski definition) is 3. The summed E-state index contributed by atoms with van der Waals surface area (Å²) in [5.74, 6) is 0.836. The lowest BCUT2D eigenvalue weighted by Crippen LogP contribution is -2.32. The summed E-state index contributed by atoms with van der Waals surface area (Å²) < 4.78 is 0. The molecule has 0 aromatic heterocycles. The van der Waals surface area contributed by atoms with Crippen molar-refractivity contribution in [1.29, 1.82) is 0 Å². The third kappa shape index (κ3) is 1.27. The highest BCUT2D eigenvalue weighted by molar-refractivity contribution is 6.46. The van der Waals surface area contributed by atoms with Crippen molar-refractivity contribution in [2.24, 2.45) is 34.0 Å². The SMILES string of the molecule is CC(C)[C@@]12C[C@@H]1[C@@H](C)C(=O)/C2=N\NC(N)=O. The Morgan fingerprint density at radius 2 is 2.25 bits per heavy atom. The van der Waals surface area contributed by atoms with E-state index in [0.29, 0.717) is 17.5 Å². The molecular weight excluding hydrogens is 206 g/mol. The molecule has 0 heterocycles. The Bertz CT molecular complexity index is 389. The molecule has 0 spiro atoms. The van der Waals surface area contributed by atoms with Crippen LogP contribution in [0.1, 0.15) is 27.2 Å². The van der Waals surface area contributed by atoms with E-state index >= 15 is 0 Å². The maximum absolute atomic E-state index is 11.9. The van der Waals surface area contributed by atoms with Crippen molar-refractivity contribution in [1.82, 2.24) is 5.43 Å². The van der Waals surface area contributed by atoms with E-state index in [-0.39, 0.29) is 17.1 Å². The van der Waals surface area contributed by atoms with Crippen LogP contribution in [0, 0.1) is 23.2 Å². The van der Waals surface area contributed by atoms with Crippen molar-refractivity contribution in [2.45, 2.75) is 27.2 Å². The van der Waals surface area contributed by atoms with Crippen molar-refractivity contribution in [3.05, 3.63) is 0 Å². The monoisotopic (exact) mass is 223 g/mol. The number of carbonyl (C=O) groups is 2. The molecule has 0 aromatic carbocycles. The van der Waals surface area contributed by atoms with Gasteiger partial charge in [-0.3, -0.25) is 4.79 Å². The molecule has 0 aliphatic heterocycles. The van der Waals surface area contributed by atoms with Gasteiger partial charge < -0.3 is 5.73 Å². The summed E-state index contributed by atoms with van der Waals surface area (Å²) in [4.78, 5) is 22.6. The zero-order valence-electron chi connectivity index (χ0n) is 9.78. The number of fused-ring (bicyclic) bond motifs is 1. The molecule has 2 rings (SSSR count). The highest BCUT2D eigenvalue weighted by Gasteiger charge is 2.69. The Morgan fingerprint density at radius 1 is 1.62 bits per heavy atom. The number of urea groups is 1. The van der Waals surface area contributed by atoms with Crippen LogP contribution in [0.2, 0.25) is 0 Å². The van der Waals surface area contributed by atoms with Crippen molar-refractivity contribution in [3.8, 4) is 0 Å². The molecule has 3 atom stereocenters. The normalized spacial score (nSPS) is 39.0. The van der Waals surface area contributed by atoms with Gasteiger partial charge in [-0.2, -0.15) is 5.10 Å². The zero-order chi connectivity index (χ0) is 12.1. The first kappa shape index (κ1) is 11.1. The Kier molecular flexibility index (Phi) is 2.29. The maximum atomic E-state index is 11.9. The summed E-state index contributed by atoms with van der Waals surface area (Å²) in [6.07, 6.45) is 0.997. The number of carbonyl (C=O) groups excluding carboxylic acids is 2. The van der Waals surface area contributed by atoms with E-state index in [1.54, 1.807) is 0 Å². The van der Waals surface area contributed by atoms with Crippen LogP contribution in [-0.4, -0.2) is 17.5 Å². The van der Waals surface area contributed by atoms with Gasteiger partial charge >= 0.3 is 6.03 Å². The molecule has 16 heavy (non-hydrogen) atoms. The van der Waals surface area contributed by atoms with Gasteiger partial charge in [-0.15, -0.1) is 0 Å². The second-order valence-corrected chi connectivity index (χ2v) is 5.10. The second-order valence-electron chi connectivity index (χ2n) is 5.10. The van der Waals surface area contributed by atoms with Gasteiger partial charge in [0.2, 0.25) is 0 Å². The van der Waals surface area contributed by atoms with Crippen LogP contribution in [0.15, 0.2) is 5.10 Å². The fraction of sp³-hybridized carbons (Fsp3) is 0.727. The predicted molar refractivity (Wildman–Crippen MR) is 59.7 cm³/mol. The van der Waals surface area contributed by atoms with E-state index < -0.39 is 6.03 Å². The van der Waals surface area contributed by atoms with E-state index in [2.05, 4.69) is 24.4 Å². The average molecular weight is 223 g/mol. The third-order valence-electron chi connectivity index (χ3n) is 4.06. The number of hydrogen-bond donors (Lipinski definition) is 2. The number of nitrogens with one attached hydrogen (secondary N) is 1. The molecule has 0 aromatic rings. The average Bonchev–Trinajstić information content (AvgIpc) is 2.88. The smallest absolute Gasteiger partial charge is 0.332 e. The lowest BCUT2D eigenvalue weighted by atomic mass is 9.88. The van der Waals surface area contributed by atoms with Crippen molar-refractivity contribution in [2.75, 3.05) is 0 Å². The van der Waals surface area contributed by atoms with Crippen LogP contribution in [0.4, 0.5) is 4.79 Å². The van der Waals surface area contributed by atoms with Crippen LogP contribution < -0.4 is 11.2 Å². The molecule has 5 nitrogen and oxygen atoms in total. The highest BCUT2D eigenvalue weighted by atomic mass is 16.2. The van der Waals surface area contributed by atoms with Crippen molar-refractivity contribution in [3.63, 3.8) is 0 Å². The molecular formula is C11H17N3O2. The number of primary amides is 1. The third-order valence-corrected chi connectivity index (χ3v) is 4.06.